The van der Waals surface area contributed by atoms with Crippen molar-refractivity contribution in [3.63, 3.8) is 0 Å². The Morgan fingerprint density at radius 3 is 2.41 bits per heavy atom. The molecule has 4 rings (SSSR count). The molecule has 6 nitrogen and oxygen atoms in total. The Labute approximate surface area is 186 Å². The van der Waals surface area contributed by atoms with Gasteiger partial charge in [-0.15, -0.1) is 0 Å². The number of dihydropyridines is 1. The molecule has 0 saturated heterocycles. The van der Waals surface area contributed by atoms with Crippen LogP contribution in [0, 0.1) is 17.7 Å². The van der Waals surface area contributed by atoms with Gasteiger partial charge in [-0.05, 0) is 62.6 Å². The van der Waals surface area contributed by atoms with E-state index in [1.54, 1.807) is 19.1 Å². The fraction of sp³-hybridized carbons (Fsp3) is 0.480. The molecule has 1 heterocycles. The molecule has 1 fully saturated rings. The highest BCUT2D eigenvalue weighted by Gasteiger charge is 2.47. The van der Waals surface area contributed by atoms with Gasteiger partial charge in [0.2, 0.25) is 0 Å². The number of methoxy groups -OCH3 is 1. The van der Waals surface area contributed by atoms with Crippen molar-refractivity contribution in [2.45, 2.75) is 58.0 Å². The summed E-state index contributed by atoms with van der Waals surface area (Å²) in [4.78, 5) is 39.3. The number of ketones is 1. The van der Waals surface area contributed by atoms with Crippen LogP contribution in [-0.2, 0) is 23.9 Å². The Bertz CT molecular complexity index is 1000. The van der Waals surface area contributed by atoms with Crippen molar-refractivity contribution < 1.29 is 28.2 Å². The summed E-state index contributed by atoms with van der Waals surface area (Å²) < 4.78 is 24.4. The number of carbonyl (C=O) groups is 3. The van der Waals surface area contributed by atoms with Crippen LogP contribution in [0.1, 0.15) is 57.4 Å². The largest absolute Gasteiger partial charge is 0.468 e. The van der Waals surface area contributed by atoms with Gasteiger partial charge in [-0.3, -0.25) is 9.59 Å². The van der Waals surface area contributed by atoms with Gasteiger partial charge in [-0.25, -0.2) is 9.18 Å². The Kier molecular flexibility index (Phi) is 6.17. The lowest BCUT2D eigenvalue weighted by atomic mass is 9.69. The van der Waals surface area contributed by atoms with Crippen molar-refractivity contribution in [1.82, 2.24) is 5.32 Å². The van der Waals surface area contributed by atoms with E-state index < -0.39 is 29.6 Å². The van der Waals surface area contributed by atoms with Crippen LogP contribution in [0.25, 0.3) is 0 Å². The summed E-state index contributed by atoms with van der Waals surface area (Å²) in [6.45, 7) is 3.62. The summed E-state index contributed by atoms with van der Waals surface area (Å²) in [6, 6.07) is 5.76. The molecule has 0 unspecified atom stereocenters. The second kappa shape index (κ2) is 8.88. The average Bonchev–Trinajstić information content (AvgIpc) is 3.26. The zero-order valence-corrected chi connectivity index (χ0v) is 18.6. The van der Waals surface area contributed by atoms with Crippen molar-refractivity contribution in [3.8, 4) is 0 Å². The maximum absolute atomic E-state index is 13.7. The third kappa shape index (κ3) is 3.96. The predicted octanol–water partition coefficient (Wildman–Crippen LogP) is 3.92. The Hall–Kier alpha value is -2.96. The molecule has 170 valence electrons. The molecule has 2 aliphatic carbocycles. The predicted molar refractivity (Wildman–Crippen MR) is 115 cm³/mol. The third-order valence-electron chi connectivity index (χ3n) is 6.74. The Balaban J connectivity index is 1.79. The van der Waals surface area contributed by atoms with Gasteiger partial charge in [-0.2, -0.15) is 0 Å². The quantitative estimate of drug-likeness (QED) is 0.563. The number of ether oxygens (including phenoxy) is 2. The molecule has 0 aromatic heterocycles. The van der Waals surface area contributed by atoms with Crippen molar-refractivity contribution in [2.24, 2.45) is 11.8 Å². The summed E-state index contributed by atoms with van der Waals surface area (Å²) in [5, 5.41) is 3.24. The number of benzene rings is 1. The summed E-state index contributed by atoms with van der Waals surface area (Å²) in [5.41, 5.74) is 2.58. The number of rotatable bonds is 4. The maximum Gasteiger partial charge on any atom is 0.337 e. The molecule has 0 amide bonds. The van der Waals surface area contributed by atoms with E-state index in [9.17, 15) is 18.8 Å². The van der Waals surface area contributed by atoms with E-state index in [-0.39, 0.29) is 17.8 Å². The Morgan fingerprint density at radius 2 is 1.78 bits per heavy atom. The van der Waals surface area contributed by atoms with Gasteiger partial charge in [0.25, 0.3) is 0 Å². The van der Waals surface area contributed by atoms with Crippen molar-refractivity contribution in [2.75, 3.05) is 7.11 Å². The fourth-order valence-electron chi connectivity index (χ4n) is 5.16. The number of allylic oxidation sites excluding steroid dienone is 3. The molecule has 1 aromatic carbocycles. The molecule has 7 heteroatoms. The van der Waals surface area contributed by atoms with Crippen LogP contribution in [0.15, 0.2) is 46.8 Å². The normalized spacial score (nSPS) is 26.0. The van der Waals surface area contributed by atoms with E-state index in [4.69, 9.17) is 9.47 Å². The van der Waals surface area contributed by atoms with E-state index in [0.717, 1.165) is 25.7 Å². The Morgan fingerprint density at radius 1 is 1.12 bits per heavy atom. The average molecular weight is 441 g/mol. The number of nitrogens with one attached hydrogen (secondary N) is 1. The summed E-state index contributed by atoms with van der Waals surface area (Å²) >= 11 is 0. The van der Waals surface area contributed by atoms with Crippen LogP contribution in [-0.4, -0.2) is 30.9 Å². The fourth-order valence-corrected chi connectivity index (χ4v) is 5.16. The number of carbonyl (C=O) groups excluding carboxylic acids is 3. The monoisotopic (exact) mass is 441 g/mol. The summed E-state index contributed by atoms with van der Waals surface area (Å²) in [7, 11) is 1.26. The molecule has 3 atom stereocenters. The number of Topliss-reactive ketones (excluding diaryl/α,β-unsaturated/α-hetero) is 1. The first-order valence-electron chi connectivity index (χ1n) is 11.1. The minimum absolute atomic E-state index is 0.142. The molecule has 1 aromatic rings. The highest BCUT2D eigenvalue weighted by molar-refractivity contribution is 6.12. The third-order valence-corrected chi connectivity index (χ3v) is 6.74. The van der Waals surface area contributed by atoms with E-state index in [0.29, 0.717) is 34.5 Å². The molecule has 1 N–H and O–H groups in total. The van der Waals surface area contributed by atoms with Crippen LogP contribution in [0.5, 0.6) is 0 Å². The first-order chi connectivity index (χ1) is 15.3. The summed E-state index contributed by atoms with van der Waals surface area (Å²) in [5.74, 6) is -3.80. The molecule has 0 bridgehead atoms. The van der Waals surface area contributed by atoms with E-state index in [2.05, 4.69) is 5.32 Å². The van der Waals surface area contributed by atoms with Crippen LogP contribution < -0.4 is 5.32 Å². The van der Waals surface area contributed by atoms with Gasteiger partial charge < -0.3 is 14.8 Å². The highest BCUT2D eigenvalue weighted by Crippen LogP contribution is 2.45. The molecule has 0 spiro atoms. The van der Waals surface area contributed by atoms with Crippen LogP contribution in [0.2, 0.25) is 0 Å². The van der Waals surface area contributed by atoms with Crippen molar-refractivity contribution in [1.29, 1.82) is 0 Å². The van der Waals surface area contributed by atoms with E-state index >= 15 is 0 Å². The second-order valence-electron chi connectivity index (χ2n) is 8.90. The van der Waals surface area contributed by atoms with Gasteiger partial charge in [0, 0.05) is 22.9 Å². The van der Waals surface area contributed by atoms with Gasteiger partial charge in [0.05, 0.1) is 12.7 Å². The van der Waals surface area contributed by atoms with Gasteiger partial charge in [0.1, 0.15) is 17.8 Å². The maximum atomic E-state index is 13.7. The zero-order valence-electron chi connectivity index (χ0n) is 18.6. The number of hydrogen-bond acceptors (Lipinski definition) is 6. The van der Waals surface area contributed by atoms with Crippen molar-refractivity contribution in [3.05, 3.63) is 58.2 Å². The lowest BCUT2D eigenvalue weighted by molar-refractivity contribution is -0.151. The smallest absolute Gasteiger partial charge is 0.337 e. The molecule has 3 aliphatic rings. The minimum Gasteiger partial charge on any atom is -0.468 e. The summed E-state index contributed by atoms with van der Waals surface area (Å²) in [6.07, 6.45) is 3.99. The topological polar surface area (TPSA) is 81.7 Å². The molecular weight excluding hydrogens is 413 g/mol. The van der Waals surface area contributed by atoms with E-state index in [1.807, 2.05) is 6.92 Å². The second-order valence-corrected chi connectivity index (χ2v) is 8.90. The number of hydrogen-bond donors (Lipinski definition) is 1. The first-order valence-corrected chi connectivity index (χ1v) is 11.1. The van der Waals surface area contributed by atoms with Crippen molar-refractivity contribution >= 4 is 17.7 Å². The lowest BCUT2D eigenvalue weighted by Gasteiger charge is -2.38. The molecular formula is C25H28FNO5. The first kappa shape index (κ1) is 22.2. The highest BCUT2D eigenvalue weighted by atomic mass is 19.1. The van der Waals surface area contributed by atoms with Crippen LogP contribution in [0.3, 0.4) is 0 Å². The van der Waals surface area contributed by atoms with E-state index in [1.165, 1.54) is 19.2 Å². The van der Waals surface area contributed by atoms with Crippen LogP contribution in [0.4, 0.5) is 4.39 Å². The molecule has 0 radical (unpaired) electrons. The SMILES string of the molecule is COC(=O)[C@H]1C(=O)C2=C(C[C@@H]1C)NC(C)=C(C(=O)OC1CCCC1)[C@H]2c1ccc(F)cc1. The minimum atomic E-state index is -0.950. The molecule has 32 heavy (non-hydrogen) atoms. The van der Waals surface area contributed by atoms with Gasteiger partial charge in [-0.1, -0.05) is 19.1 Å². The zero-order chi connectivity index (χ0) is 23.0. The van der Waals surface area contributed by atoms with Gasteiger partial charge in [0.15, 0.2) is 5.78 Å². The number of halogens is 1. The standard InChI is InChI=1S/C25H28FNO5/c1-13-12-18-22(23(28)19(13)24(29)31-3)21(15-8-10-16(26)11-9-15)20(14(2)27-18)25(30)32-17-6-4-5-7-17/h8-11,13,17,19,21,27H,4-7,12H2,1-3H3/t13-,19+,21+/m0/s1. The molecule has 1 saturated carbocycles. The lowest BCUT2D eigenvalue weighted by Crippen LogP contribution is -2.43. The van der Waals surface area contributed by atoms with Gasteiger partial charge >= 0.3 is 11.9 Å². The van der Waals surface area contributed by atoms with Crippen LogP contribution >= 0.6 is 0 Å². The number of esters is 2. The molecule has 1 aliphatic heterocycles.